The molecule has 0 aliphatic carbocycles. The van der Waals surface area contributed by atoms with Crippen molar-refractivity contribution in [2.24, 2.45) is 7.05 Å². The van der Waals surface area contributed by atoms with E-state index in [9.17, 15) is 4.79 Å². The highest BCUT2D eigenvalue weighted by molar-refractivity contribution is 6.45. The topological polar surface area (TPSA) is 75.6 Å². The lowest BCUT2D eigenvalue weighted by atomic mass is 9.94. The van der Waals surface area contributed by atoms with Crippen LogP contribution in [0.4, 0.5) is 0 Å². The molecule has 0 bridgehead atoms. The molecule has 1 unspecified atom stereocenters. The molecule has 1 aromatic carbocycles. The molecule has 28 heavy (non-hydrogen) atoms. The number of hydrogen-bond donors (Lipinski definition) is 2. The van der Waals surface area contributed by atoms with Crippen LogP contribution in [0, 0.1) is 0 Å². The van der Waals surface area contributed by atoms with E-state index in [-0.39, 0.29) is 11.8 Å². The quantitative estimate of drug-likeness (QED) is 0.634. The number of H-pyrrole nitrogens is 1. The van der Waals surface area contributed by atoms with E-state index in [0.29, 0.717) is 28.7 Å². The lowest BCUT2D eigenvalue weighted by molar-refractivity contribution is -0.120. The van der Waals surface area contributed by atoms with Crippen molar-refractivity contribution in [1.29, 1.82) is 0 Å². The highest BCUT2D eigenvalue weighted by Gasteiger charge is 2.28. The first-order valence-electron chi connectivity index (χ1n) is 9.65. The molecule has 0 radical (unpaired) electrons. The Morgan fingerprint density at radius 2 is 2.07 bits per heavy atom. The van der Waals surface area contributed by atoms with Gasteiger partial charge in [0.05, 0.1) is 28.2 Å². The fraction of sp³-hybridized carbons (Fsp3) is 0.450. The number of aromatic nitrogens is 4. The highest BCUT2D eigenvalue weighted by atomic mass is 35.5. The number of benzene rings is 1. The van der Waals surface area contributed by atoms with E-state index in [0.717, 1.165) is 40.6 Å². The number of halogens is 2. The number of hydrogen-bond acceptors (Lipinski definition) is 3. The van der Waals surface area contributed by atoms with E-state index in [4.69, 9.17) is 23.2 Å². The van der Waals surface area contributed by atoms with Crippen molar-refractivity contribution < 1.29 is 4.79 Å². The predicted octanol–water partition coefficient (Wildman–Crippen LogP) is 4.85. The minimum atomic E-state index is 0.0157. The molecule has 1 atom stereocenters. The first-order chi connectivity index (χ1) is 13.5. The van der Waals surface area contributed by atoms with E-state index >= 15 is 0 Å². The van der Waals surface area contributed by atoms with Gasteiger partial charge in [-0.05, 0) is 18.1 Å². The molecule has 0 spiro atoms. The van der Waals surface area contributed by atoms with Gasteiger partial charge in [0.15, 0.2) is 0 Å². The molecule has 3 aromatic rings. The third kappa shape index (κ3) is 3.63. The van der Waals surface area contributed by atoms with Gasteiger partial charge >= 0.3 is 0 Å². The normalized spacial score (nSPS) is 16.2. The Kier molecular flexibility index (Phi) is 6.30. The fourth-order valence-corrected chi connectivity index (χ4v) is 4.16. The van der Waals surface area contributed by atoms with Crippen LogP contribution < -0.4 is 5.32 Å². The van der Waals surface area contributed by atoms with Crippen LogP contribution in [0.1, 0.15) is 50.8 Å². The van der Waals surface area contributed by atoms with Crippen LogP contribution in [-0.2, 0) is 18.3 Å². The maximum Gasteiger partial charge on any atom is 0.224 e. The molecular weight excluding hydrogens is 397 g/mol. The van der Waals surface area contributed by atoms with Crippen molar-refractivity contribution in [2.45, 2.75) is 46.0 Å². The lowest BCUT2D eigenvalue weighted by Gasteiger charge is -2.13. The van der Waals surface area contributed by atoms with E-state index in [1.165, 1.54) is 4.80 Å². The third-order valence-corrected chi connectivity index (χ3v) is 5.70. The Hall–Kier alpha value is -2.05. The zero-order chi connectivity index (χ0) is 20.4. The molecule has 1 aliphatic rings. The number of carbonyl (C=O) groups excluding carboxylic acids is 1. The van der Waals surface area contributed by atoms with Crippen LogP contribution in [-0.4, -0.2) is 32.4 Å². The molecule has 6 nitrogen and oxygen atoms in total. The van der Waals surface area contributed by atoms with E-state index < -0.39 is 0 Å². The number of carbonyl (C=O) groups is 1. The van der Waals surface area contributed by atoms with Crippen molar-refractivity contribution in [1.82, 2.24) is 25.3 Å². The zero-order valence-electron chi connectivity index (χ0n) is 16.6. The van der Waals surface area contributed by atoms with Gasteiger partial charge in [-0.15, -0.1) is 0 Å². The van der Waals surface area contributed by atoms with Crippen LogP contribution in [0.15, 0.2) is 12.3 Å². The second-order valence-electron chi connectivity index (χ2n) is 6.67. The summed E-state index contributed by atoms with van der Waals surface area (Å²) in [7, 11) is 1.76. The van der Waals surface area contributed by atoms with Gasteiger partial charge in [0, 0.05) is 36.2 Å². The lowest BCUT2D eigenvalue weighted by Crippen LogP contribution is -2.26. The maximum absolute atomic E-state index is 12.3. The third-order valence-electron chi connectivity index (χ3n) is 4.91. The molecule has 2 aromatic heterocycles. The van der Waals surface area contributed by atoms with E-state index in [1.807, 2.05) is 19.9 Å². The first-order valence-corrected chi connectivity index (χ1v) is 10.4. The van der Waals surface area contributed by atoms with E-state index in [1.54, 1.807) is 13.2 Å². The van der Waals surface area contributed by atoms with Crippen molar-refractivity contribution >= 4 is 40.0 Å². The zero-order valence-corrected chi connectivity index (χ0v) is 18.1. The van der Waals surface area contributed by atoms with Gasteiger partial charge in [0.2, 0.25) is 5.91 Å². The number of rotatable bonds is 3. The highest BCUT2D eigenvalue weighted by Crippen LogP contribution is 2.42. The second-order valence-corrected chi connectivity index (χ2v) is 7.46. The number of fused-ring (bicyclic) bond motifs is 3. The maximum atomic E-state index is 12.3. The number of aromatic amines is 1. The molecule has 3 heterocycles. The van der Waals surface area contributed by atoms with Gasteiger partial charge in [0.1, 0.15) is 5.69 Å². The van der Waals surface area contributed by atoms with Gasteiger partial charge in [-0.1, -0.05) is 50.4 Å². The molecule has 1 aliphatic heterocycles. The summed E-state index contributed by atoms with van der Waals surface area (Å²) in [6.45, 7) is 6.77. The minimum Gasteiger partial charge on any atom is -0.357 e. The van der Waals surface area contributed by atoms with Gasteiger partial charge in [-0.3, -0.25) is 4.79 Å². The second kappa shape index (κ2) is 8.53. The Bertz CT molecular complexity index is 1010. The van der Waals surface area contributed by atoms with Crippen LogP contribution in [0.3, 0.4) is 0 Å². The molecule has 1 amide bonds. The smallest absolute Gasteiger partial charge is 0.224 e. The predicted molar refractivity (Wildman–Crippen MR) is 114 cm³/mol. The standard InChI is InChI=1S/C18H19Cl2N5O.C2H6/c1-3-4-9-7-21-14(26)6-11-15-10(13-8-22-25(2)24-13)5-12(19)16(20)18(15)23-17(9)11;1-2/h5,8-9,23H,3-4,6-7H2,1-2H3,(H,21,26);1-2H3. The van der Waals surface area contributed by atoms with E-state index in [2.05, 4.69) is 27.4 Å². The molecule has 0 saturated carbocycles. The van der Waals surface area contributed by atoms with Crippen molar-refractivity contribution in [3.8, 4) is 11.3 Å². The van der Waals surface area contributed by atoms with Crippen molar-refractivity contribution in [3.05, 3.63) is 33.6 Å². The number of aryl methyl sites for hydroxylation is 1. The van der Waals surface area contributed by atoms with Crippen molar-refractivity contribution in [2.75, 3.05) is 6.54 Å². The molecule has 8 heteroatoms. The monoisotopic (exact) mass is 421 g/mol. The Balaban J connectivity index is 0.00000109. The summed E-state index contributed by atoms with van der Waals surface area (Å²) >= 11 is 12.9. The summed E-state index contributed by atoms with van der Waals surface area (Å²) in [5, 5.41) is 13.4. The van der Waals surface area contributed by atoms with Gasteiger partial charge in [-0.2, -0.15) is 15.0 Å². The summed E-state index contributed by atoms with van der Waals surface area (Å²) in [6.07, 6.45) is 4.01. The number of amides is 1. The summed E-state index contributed by atoms with van der Waals surface area (Å²) < 4.78 is 0. The fourth-order valence-electron chi connectivity index (χ4n) is 3.76. The average Bonchev–Trinajstić information content (AvgIpc) is 3.24. The molecule has 0 fully saturated rings. The summed E-state index contributed by atoms with van der Waals surface area (Å²) in [5.41, 5.74) is 4.35. The molecule has 150 valence electrons. The summed E-state index contributed by atoms with van der Waals surface area (Å²) in [5.74, 6) is 0.236. The molecular formula is C20H25Cl2N5O. The SMILES string of the molecule is CC.CCCC1CNC(=O)Cc2c1[nH]c1c(Cl)c(Cl)cc(-c3cnn(C)n3)c21. The number of nitrogens with one attached hydrogen (secondary N) is 2. The van der Waals surface area contributed by atoms with Gasteiger partial charge in [-0.25, -0.2) is 0 Å². The molecule has 4 rings (SSSR count). The Labute approximate surface area is 174 Å². The van der Waals surface area contributed by atoms with Crippen LogP contribution >= 0.6 is 23.2 Å². The first kappa shape index (κ1) is 20.7. The molecule has 0 saturated heterocycles. The van der Waals surface area contributed by atoms with Gasteiger partial charge < -0.3 is 10.3 Å². The summed E-state index contributed by atoms with van der Waals surface area (Å²) in [6, 6.07) is 1.81. The van der Waals surface area contributed by atoms with Crippen LogP contribution in [0.2, 0.25) is 10.0 Å². The van der Waals surface area contributed by atoms with Crippen LogP contribution in [0.25, 0.3) is 22.2 Å². The molecule has 2 N–H and O–H groups in total. The summed E-state index contributed by atoms with van der Waals surface area (Å²) in [4.78, 5) is 17.3. The van der Waals surface area contributed by atoms with Crippen LogP contribution in [0.5, 0.6) is 0 Å². The largest absolute Gasteiger partial charge is 0.357 e. The minimum absolute atomic E-state index is 0.0157. The van der Waals surface area contributed by atoms with Crippen molar-refractivity contribution in [3.63, 3.8) is 0 Å². The Morgan fingerprint density at radius 3 is 2.71 bits per heavy atom. The Morgan fingerprint density at radius 1 is 1.32 bits per heavy atom. The number of nitrogens with zero attached hydrogens (tertiary/aromatic N) is 3. The van der Waals surface area contributed by atoms with Gasteiger partial charge in [0.25, 0.3) is 0 Å². The average molecular weight is 422 g/mol.